The first-order chi connectivity index (χ1) is 8.87. The highest BCUT2D eigenvalue weighted by Crippen LogP contribution is 2.26. The van der Waals surface area contributed by atoms with Gasteiger partial charge < -0.3 is 8.85 Å². The van der Waals surface area contributed by atoms with Gasteiger partial charge in [-0.05, 0) is 10.8 Å². The summed E-state index contributed by atoms with van der Waals surface area (Å²) < 4.78 is 47.8. The lowest BCUT2D eigenvalue weighted by Gasteiger charge is -2.28. The van der Waals surface area contributed by atoms with Crippen LogP contribution in [0.4, 0.5) is 13.2 Å². The van der Waals surface area contributed by atoms with E-state index in [1.165, 1.54) is 14.2 Å². The van der Waals surface area contributed by atoms with Gasteiger partial charge in [0.05, 0.1) is 0 Å². The maximum Gasteiger partial charge on any atom is 0.389 e. The van der Waals surface area contributed by atoms with E-state index in [1.807, 2.05) is 0 Å². The molecule has 0 atom stereocenters. The number of rotatable bonds is 6. The van der Waals surface area contributed by atoms with Crippen molar-refractivity contribution in [3.05, 3.63) is 36.4 Å². The quantitative estimate of drug-likeness (QED) is 0.749. The number of hydrogen-bond donors (Lipinski definition) is 0. The van der Waals surface area contributed by atoms with Crippen molar-refractivity contribution in [1.29, 1.82) is 0 Å². The van der Waals surface area contributed by atoms with Crippen molar-refractivity contribution in [2.45, 2.75) is 18.6 Å². The molecule has 0 aliphatic rings. The van der Waals surface area contributed by atoms with Crippen LogP contribution in [-0.2, 0) is 8.85 Å². The van der Waals surface area contributed by atoms with Crippen molar-refractivity contribution in [2.75, 3.05) is 14.2 Å². The van der Waals surface area contributed by atoms with E-state index >= 15 is 0 Å². The summed E-state index contributed by atoms with van der Waals surface area (Å²) in [5, 5.41) is 0.687. The molecular formula is C13H17F3O2Si. The Morgan fingerprint density at radius 3 is 2.05 bits per heavy atom. The summed E-state index contributed by atoms with van der Waals surface area (Å²) in [6.07, 6.45) is -3.46. The number of alkyl halides is 3. The Morgan fingerprint density at radius 1 is 1.16 bits per heavy atom. The Hall–Kier alpha value is -1.11. The summed E-state index contributed by atoms with van der Waals surface area (Å²) in [7, 11) is -0.227. The summed E-state index contributed by atoms with van der Waals surface area (Å²) >= 11 is 0. The van der Waals surface area contributed by atoms with Gasteiger partial charge in [0.25, 0.3) is 0 Å². The van der Waals surface area contributed by atoms with E-state index in [9.17, 15) is 13.2 Å². The van der Waals surface area contributed by atoms with Crippen LogP contribution in [0.1, 0.15) is 12.0 Å². The van der Waals surface area contributed by atoms with E-state index < -0.39 is 21.2 Å². The van der Waals surface area contributed by atoms with Crippen molar-refractivity contribution >= 4 is 19.8 Å². The first-order valence-electron chi connectivity index (χ1n) is 5.77. The van der Waals surface area contributed by atoms with Crippen LogP contribution in [0, 0.1) is 0 Å². The highest BCUT2D eigenvalue weighted by molar-refractivity contribution is 6.81. The molecule has 0 fully saturated rings. The monoisotopic (exact) mass is 290 g/mol. The maximum atomic E-state index is 12.4. The lowest BCUT2D eigenvalue weighted by molar-refractivity contribution is -0.131. The molecule has 2 nitrogen and oxygen atoms in total. The van der Waals surface area contributed by atoms with E-state index in [1.54, 1.807) is 30.3 Å². The molecule has 1 aromatic carbocycles. The molecule has 0 heterocycles. The molecule has 0 amide bonds. The molecule has 0 aliphatic heterocycles. The average molecular weight is 290 g/mol. The summed E-state index contributed by atoms with van der Waals surface area (Å²) in [6, 6.07) is 6.90. The van der Waals surface area contributed by atoms with Gasteiger partial charge in [-0.15, -0.1) is 0 Å². The first-order valence-corrected chi connectivity index (χ1v) is 7.79. The average Bonchev–Trinajstić information content (AvgIpc) is 2.40. The van der Waals surface area contributed by atoms with Gasteiger partial charge in [-0.1, -0.05) is 36.9 Å². The summed E-state index contributed by atoms with van der Waals surface area (Å²) in [4.78, 5) is 0. The predicted molar refractivity (Wildman–Crippen MR) is 71.4 cm³/mol. The smallest absolute Gasteiger partial charge is 0.389 e. The van der Waals surface area contributed by atoms with Crippen LogP contribution in [0.3, 0.4) is 0 Å². The van der Waals surface area contributed by atoms with Gasteiger partial charge in [-0.3, -0.25) is 0 Å². The molecule has 19 heavy (non-hydrogen) atoms. The molecule has 0 saturated heterocycles. The Labute approximate surface area is 112 Å². The third kappa shape index (κ3) is 4.19. The zero-order chi connectivity index (χ0) is 14.5. The Balaban J connectivity index is 2.99. The van der Waals surface area contributed by atoms with Crippen LogP contribution in [0.25, 0.3) is 6.08 Å². The SMILES string of the molecule is C=Cc1ccc([Si](CCC(F)(F)F)(OC)OC)cc1. The van der Waals surface area contributed by atoms with Gasteiger partial charge in [-0.25, -0.2) is 0 Å². The minimum atomic E-state index is -4.21. The zero-order valence-electron chi connectivity index (χ0n) is 11.0. The Morgan fingerprint density at radius 2 is 1.68 bits per heavy atom. The van der Waals surface area contributed by atoms with Gasteiger partial charge >= 0.3 is 14.7 Å². The van der Waals surface area contributed by atoms with Gasteiger partial charge in [-0.2, -0.15) is 13.2 Å². The normalized spacial score (nSPS) is 12.5. The molecule has 1 rings (SSSR count). The molecule has 0 aliphatic carbocycles. The summed E-state index contributed by atoms with van der Waals surface area (Å²) in [6.45, 7) is 3.63. The largest absolute Gasteiger partial charge is 0.394 e. The highest BCUT2D eigenvalue weighted by Gasteiger charge is 2.42. The van der Waals surface area contributed by atoms with Crippen molar-refractivity contribution in [3.8, 4) is 0 Å². The maximum absolute atomic E-state index is 12.4. The molecule has 0 radical (unpaired) electrons. The molecular weight excluding hydrogens is 273 g/mol. The van der Waals surface area contributed by atoms with E-state index in [-0.39, 0.29) is 6.04 Å². The Kier molecular flexibility index (Phi) is 5.34. The number of halogens is 3. The van der Waals surface area contributed by atoms with Crippen LogP contribution in [0.5, 0.6) is 0 Å². The van der Waals surface area contributed by atoms with Crippen molar-refractivity contribution in [1.82, 2.24) is 0 Å². The molecule has 6 heteroatoms. The van der Waals surface area contributed by atoms with Crippen LogP contribution in [0.15, 0.2) is 30.8 Å². The van der Waals surface area contributed by atoms with Gasteiger partial charge in [0.15, 0.2) is 0 Å². The number of benzene rings is 1. The lowest BCUT2D eigenvalue weighted by atomic mass is 10.2. The third-order valence-corrected chi connectivity index (χ3v) is 6.42. The van der Waals surface area contributed by atoms with E-state index in [0.29, 0.717) is 5.19 Å². The minimum absolute atomic E-state index is 0.156. The molecule has 0 N–H and O–H groups in total. The molecule has 106 valence electrons. The van der Waals surface area contributed by atoms with Crippen molar-refractivity contribution in [2.24, 2.45) is 0 Å². The second kappa shape index (κ2) is 6.36. The van der Waals surface area contributed by atoms with E-state index in [0.717, 1.165) is 5.56 Å². The van der Waals surface area contributed by atoms with Crippen molar-refractivity contribution < 1.29 is 22.0 Å². The zero-order valence-corrected chi connectivity index (χ0v) is 12.0. The van der Waals surface area contributed by atoms with Crippen LogP contribution >= 0.6 is 0 Å². The topological polar surface area (TPSA) is 18.5 Å². The molecule has 0 unspecified atom stereocenters. The molecule has 0 bridgehead atoms. The van der Waals surface area contributed by atoms with Gasteiger partial charge in [0.2, 0.25) is 0 Å². The van der Waals surface area contributed by atoms with E-state index in [4.69, 9.17) is 8.85 Å². The fraction of sp³-hybridized carbons (Fsp3) is 0.385. The number of hydrogen-bond acceptors (Lipinski definition) is 2. The first kappa shape index (κ1) is 15.9. The third-order valence-electron chi connectivity index (χ3n) is 2.98. The van der Waals surface area contributed by atoms with Crippen LogP contribution in [0.2, 0.25) is 6.04 Å². The fourth-order valence-electron chi connectivity index (χ4n) is 1.85. The van der Waals surface area contributed by atoms with Gasteiger partial charge in [0.1, 0.15) is 0 Å². The van der Waals surface area contributed by atoms with Crippen LogP contribution in [-0.4, -0.2) is 29.0 Å². The van der Waals surface area contributed by atoms with Crippen LogP contribution < -0.4 is 5.19 Å². The minimum Gasteiger partial charge on any atom is -0.394 e. The standard InChI is InChI=1S/C13H17F3O2Si/c1-4-11-5-7-12(8-6-11)19(17-2,18-3)10-9-13(14,15)16/h4-8H,1,9-10H2,2-3H3. The van der Waals surface area contributed by atoms with E-state index in [2.05, 4.69) is 6.58 Å². The molecule has 0 saturated carbocycles. The summed E-state index contributed by atoms with van der Waals surface area (Å²) in [5.74, 6) is 0. The lowest BCUT2D eigenvalue weighted by Crippen LogP contribution is -2.52. The van der Waals surface area contributed by atoms with Crippen molar-refractivity contribution in [3.63, 3.8) is 0 Å². The molecule has 0 aromatic heterocycles. The van der Waals surface area contributed by atoms with Gasteiger partial charge in [0, 0.05) is 26.7 Å². The molecule has 1 aromatic rings. The highest BCUT2D eigenvalue weighted by atomic mass is 28.4. The second-order valence-corrected chi connectivity index (χ2v) is 7.50. The Bertz CT molecular complexity index is 411. The predicted octanol–water partition coefficient (Wildman–Crippen LogP) is 3.22. The fourth-order valence-corrected chi connectivity index (χ4v) is 4.47. The second-order valence-electron chi connectivity index (χ2n) is 4.10. The molecule has 0 spiro atoms. The summed E-state index contributed by atoms with van der Waals surface area (Å²) in [5.41, 5.74) is 0.898.